The second-order valence-corrected chi connectivity index (χ2v) is 6.80. The molecule has 1 saturated carbocycles. The van der Waals surface area contributed by atoms with E-state index in [1.807, 2.05) is 0 Å². The van der Waals surface area contributed by atoms with E-state index in [9.17, 15) is 14.9 Å². The van der Waals surface area contributed by atoms with E-state index in [0.29, 0.717) is 11.6 Å². The third-order valence-electron chi connectivity index (χ3n) is 4.95. The molecule has 2 aliphatic rings. The highest BCUT2D eigenvalue weighted by Gasteiger charge is 2.58. The van der Waals surface area contributed by atoms with Gasteiger partial charge in [-0.3, -0.25) is 10.1 Å². The number of nitrogens with one attached hydrogen (secondary N) is 2. The predicted molar refractivity (Wildman–Crippen MR) is 85.3 cm³/mol. The number of anilines is 1. The number of fused-ring (bicyclic) bond motifs is 1. The normalized spacial score (nSPS) is 28.2. The van der Waals surface area contributed by atoms with Crippen LogP contribution in [0.3, 0.4) is 0 Å². The number of amides is 2. The summed E-state index contributed by atoms with van der Waals surface area (Å²) in [7, 11) is 0. The Hall–Kier alpha value is -2.15. The number of hydrogen-bond donors (Lipinski definition) is 2. The van der Waals surface area contributed by atoms with Crippen LogP contribution in [0.1, 0.15) is 26.7 Å². The summed E-state index contributed by atoms with van der Waals surface area (Å²) in [6.45, 7) is 5.01. The van der Waals surface area contributed by atoms with Crippen molar-refractivity contribution in [2.24, 2.45) is 11.3 Å². The van der Waals surface area contributed by atoms with Crippen LogP contribution in [0.5, 0.6) is 0 Å². The number of carbonyl (C=O) groups is 1. The number of benzene rings is 1. The van der Waals surface area contributed by atoms with Crippen molar-refractivity contribution in [3.05, 3.63) is 34.4 Å². The molecule has 3 rings (SSSR count). The molecule has 1 saturated heterocycles. The van der Waals surface area contributed by atoms with Crippen molar-refractivity contribution in [3.63, 3.8) is 0 Å². The van der Waals surface area contributed by atoms with Crippen LogP contribution < -0.4 is 10.6 Å². The maximum atomic E-state index is 12.2. The van der Waals surface area contributed by atoms with Crippen molar-refractivity contribution >= 4 is 17.4 Å². The maximum Gasteiger partial charge on any atom is 0.319 e. The van der Waals surface area contributed by atoms with Crippen molar-refractivity contribution < 1.29 is 14.5 Å². The van der Waals surface area contributed by atoms with Crippen LogP contribution in [-0.4, -0.2) is 29.7 Å². The molecule has 1 heterocycles. The van der Waals surface area contributed by atoms with Crippen LogP contribution in [0.15, 0.2) is 24.3 Å². The maximum absolute atomic E-state index is 12.2. The molecule has 0 spiro atoms. The highest BCUT2D eigenvalue weighted by molar-refractivity contribution is 5.89. The van der Waals surface area contributed by atoms with E-state index in [4.69, 9.17) is 4.74 Å². The molecule has 7 heteroatoms. The van der Waals surface area contributed by atoms with Gasteiger partial charge in [-0.2, -0.15) is 0 Å². The minimum Gasteiger partial charge on any atom is -0.377 e. The number of non-ortho nitro benzene ring substituents is 1. The molecule has 3 atom stereocenters. The Bertz CT molecular complexity index is 614. The minimum absolute atomic E-state index is 0.00159. The molecule has 0 unspecified atom stereocenters. The third-order valence-corrected chi connectivity index (χ3v) is 4.95. The van der Waals surface area contributed by atoms with Gasteiger partial charge in [-0.05, 0) is 25.0 Å². The van der Waals surface area contributed by atoms with E-state index in [0.717, 1.165) is 19.4 Å². The van der Waals surface area contributed by atoms with Gasteiger partial charge in [-0.1, -0.05) is 13.8 Å². The predicted octanol–water partition coefficient (Wildman–Crippen LogP) is 2.92. The van der Waals surface area contributed by atoms with Crippen LogP contribution in [0.25, 0.3) is 0 Å². The topological polar surface area (TPSA) is 93.5 Å². The highest BCUT2D eigenvalue weighted by Crippen LogP contribution is 2.51. The van der Waals surface area contributed by atoms with Crippen molar-refractivity contribution in [1.82, 2.24) is 5.32 Å². The number of hydrogen-bond acceptors (Lipinski definition) is 4. The van der Waals surface area contributed by atoms with E-state index >= 15 is 0 Å². The Balaban J connectivity index is 1.60. The summed E-state index contributed by atoms with van der Waals surface area (Å²) in [5, 5.41) is 16.4. The third kappa shape index (κ3) is 2.88. The lowest BCUT2D eigenvalue weighted by molar-refractivity contribution is -0.384. The van der Waals surface area contributed by atoms with Gasteiger partial charge in [-0.15, -0.1) is 0 Å². The molecular weight excluding hydrogens is 298 g/mol. The molecule has 1 aliphatic heterocycles. The first-order chi connectivity index (χ1) is 10.9. The van der Waals surface area contributed by atoms with E-state index in [2.05, 4.69) is 24.5 Å². The lowest BCUT2D eigenvalue weighted by Crippen LogP contribution is -2.70. The average molecular weight is 319 g/mol. The first-order valence-electron chi connectivity index (χ1n) is 7.83. The Morgan fingerprint density at radius 1 is 1.35 bits per heavy atom. The minimum atomic E-state index is -0.468. The summed E-state index contributed by atoms with van der Waals surface area (Å²) < 4.78 is 5.82. The summed E-state index contributed by atoms with van der Waals surface area (Å²) in [5.41, 5.74) is 0.442. The van der Waals surface area contributed by atoms with E-state index < -0.39 is 4.92 Å². The zero-order valence-corrected chi connectivity index (χ0v) is 13.2. The van der Waals surface area contributed by atoms with Crippen molar-refractivity contribution in [2.75, 3.05) is 11.9 Å². The molecule has 1 aromatic rings. The Morgan fingerprint density at radius 3 is 2.70 bits per heavy atom. The fraction of sp³-hybridized carbons (Fsp3) is 0.562. The molecule has 1 aromatic carbocycles. The summed E-state index contributed by atoms with van der Waals surface area (Å²) in [4.78, 5) is 22.4. The average Bonchev–Trinajstić information content (AvgIpc) is 2.53. The monoisotopic (exact) mass is 319 g/mol. The number of urea groups is 1. The summed E-state index contributed by atoms with van der Waals surface area (Å²) in [5.74, 6) is 0.362. The molecule has 0 bridgehead atoms. The fourth-order valence-electron chi connectivity index (χ4n) is 3.79. The Kier molecular flexibility index (Phi) is 3.97. The second kappa shape index (κ2) is 5.81. The Morgan fingerprint density at radius 2 is 2.04 bits per heavy atom. The van der Waals surface area contributed by atoms with Gasteiger partial charge >= 0.3 is 6.03 Å². The van der Waals surface area contributed by atoms with Gasteiger partial charge in [0.15, 0.2) is 0 Å². The standard InChI is InChI=1S/C16H21N3O4/c1-16(2)13(12-4-3-9-23-14(12)16)18-15(20)17-10-5-7-11(8-6-10)19(21)22/h5-8,12-14H,3-4,9H2,1-2H3,(H2,17,18,20)/t12-,13-,14-/m1/s1. The lowest BCUT2D eigenvalue weighted by atomic mass is 9.55. The highest BCUT2D eigenvalue weighted by atomic mass is 16.6. The zero-order chi connectivity index (χ0) is 16.6. The first-order valence-corrected chi connectivity index (χ1v) is 7.83. The van der Waals surface area contributed by atoms with Crippen LogP contribution in [0.4, 0.5) is 16.2 Å². The molecule has 23 heavy (non-hydrogen) atoms. The number of nitro groups is 1. The first kappa shape index (κ1) is 15.7. The quantitative estimate of drug-likeness (QED) is 0.661. The van der Waals surface area contributed by atoms with Crippen molar-refractivity contribution in [2.45, 2.75) is 38.8 Å². The number of rotatable bonds is 3. The number of nitro benzene ring substituents is 1. The molecule has 0 radical (unpaired) electrons. The molecule has 7 nitrogen and oxygen atoms in total. The van der Waals surface area contributed by atoms with E-state index in [1.165, 1.54) is 24.3 Å². The molecule has 2 amide bonds. The van der Waals surface area contributed by atoms with Gasteiger partial charge in [0, 0.05) is 41.8 Å². The van der Waals surface area contributed by atoms with Gasteiger partial charge in [0.1, 0.15) is 0 Å². The van der Waals surface area contributed by atoms with E-state index in [-0.39, 0.29) is 29.3 Å². The SMILES string of the molecule is CC1(C)[C@H](NC(=O)Nc2ccc([N+](=O)[O-])cc2)[C@H]2CCCO[C@H]21. The van der Waals surface area contributed by atoms with Crippen LogP contribution in [0, 0.1) is 21.4 Å². The van der Waals surface area contributed by atoms with Crippen LogP contribution >= 0.6 is 0 Å². The molecule has 124 valence electrons. The molecule has 2 N–H and O–H groups in total. The van der Waals surface area contributed by atoms with Gasteiger partial charge in [-0.25, -0.2) is 4.79 Å². The van der Waals surface area contributed by atoms with Crippen molar-refractivity contribution in [1.29, 1.82) is 0 Å². The summed E-state index contributed by atoms with van der Waals surface area (Å²) in [6, 6.07) is 5.57. The molecular formula is C16H21N3O4. The fourth-order valence-corrected chi connectivity index (χ4v) is 3.79. The summed E-state index contributed by atoms with van der Waals surface area (Å²) in [6.07, 6.45) is 2.30. The van der Waals surface area contributed by atoms with Crippen LogP contribution in [0.2, 0.25) is 0 Å². The summed E-state index contributed by atoms with van der Waals surface area (Å²) >= 11 is 0. The molecule has 1 aliphatic carbocycles. The van der Waals surface area contributed by atoms with Gasteiger partial charge in [0.25, 0.3) is 5.69 Å². The van der Waals surface area contributed by atoms with Crippen molar-refractivity contribution in [3.8, 4) is 0 Å². The lowest BCUT2D eigenvalue weighted by Gasteiger charge is -2.59. The Labute approximate surface area is 134 Å². The number of carbonyl (C=O) groups excluding carboxylic acids is 1. The molecule has 0 aromatic heterocycles. The van der Waals surface area contributed by atoms with Gasteiger partial charge < -0.3 is 15.4 Å². The molecule has 2 fully saturated rings. The smallest absolute Gasteiger partial charge is 0.319 e. The van der Waals surface area contributed by atoms with Crippen LogP contribution in [-0.2, 0) is 4.74 Å². The number of nitrogens with zero attached hydrogens (tertiary/aromatic N) is 1. The number of ether oxygens (including phenoxy) is 1. The second-order valence-electron chi connectivity index (χ2n) is 6.80. The van der Waals surface area contributed by atoms with E-state index in [1.54, 1.807) is 0 Å². The van der Waals surface area contributed by atoms with Gasteiger partial charge in [0.05, 0.1) is 11.0 Å². The largest absolute Gasteiger partial charge is 0.377 e. The zero-order valence-electron chi connectivity index (χ0n) is 13.2. The van der Waals surface area contributed by atoms with Gasteiger partial charge in [0.2, 0.25) is 0 Å².